The van der Waals surface area contributed by atoms with Gasteiger partial charge >= 0.3 is 17.9 Å². The summed E-state index contributed by atoms with van der Waals surface area (Å²) in [5, 5.41) is 9.42. The number of benzene rings is 1. The molecule has 0 aliphatic rings. The zero-order chi connectivity index (χ0) is 32.1. The van der Waals surface area contributed by atoms with Crippen molar-refractivity contribution in [3.63, 3.8) is 0 Å². The maximum atomic E-state index is 13.5. The highest BCUT2D eigenvalue weighted by molar-refractivity contribution is 6.74. The molecule has 0 aliphatic carbocycles. The van der Waals surface area contributed by atoms with Gasteiger partial charge in [0.05, 0.1) is 18.4 Å². The first kappa shape index (κ1) is 37.8. The van der Waals surface area contributed by atoms with Crippen LogP contribution in [0.2, 0.25) is 18.1 Å². The lowest BCUT2D eigenvalue weighted by Crippen LogP contribution is -2.50. The van der Waals surface area contributed by atoms with Crippen molar-refractivity contribution in [2.75, 3.05) is 0 Å². The average Bonchev–Trinajstić information content (AvgIpc) is 2.89. The maximum Gasteiger partial charge on any atom is 0.345 e. The van der Waals surface area contributed by atoms with E-state index in [-0.39, 0.29) is 11.5 Å². The molecule has 3 N–H and O–H groups in total. The Morgan fingerprint density at radius 1 is 0.929 bits per heavy atom. The van der Waals surface area contributed by atoms with Crippen LogP contribution in [0.1, 0.15) is 99.0 Å². The molecule has 0 fully saturated rings. The van der Waals surface area contributed by atoms with E-state index < -0.39 is 62.4 Å². The maximum absolute atomic E-state index is 13.5. The van der Waals surface area contributed by atoms with Gasteiger partial charge in [0.1, 0.15) is 6.10 Å². The molecule has 0 amide bonds. The van der Waals surface area contributed by atoms with Crippen LogP contribution in [-0.4, -0.2) is 55.7 Å². The molecule has 0 saturated carbocycles. The number of carbonyl (C=O) groups is 3. The van der Waals surface area contributed by atoms with Crippen LogP contribution in [0.4, 0.5) is 0 Å². The number of unbranched alkanes of at least 4 members (excludes halogenated alkanes) is 4. The Morgan fingerprint density at radius 3 is 2.05 bits per heavy atom. The summed E-state index contributed by atoms with van der Waals surface area (Å²) in [7, 11) is -2.29. The van der Waals surface area contributed by atoms with Crippen molar-refractivity contribution < 1.29 is 33.4 Å². The van der Waals surface area contributed by atoms with E-state index in [1.54, 1.807) is 20.8 Å². The zero-order valence-corrected chi connectivity index (χ0v) is 28.5. The molecule has 1 aromatic carbocycles. The summed E-state index contributed by atoms with van der Waals surface area (Å²) in [5.41, 5.74) is 7.74. The highest BCUT2D eigenvalue weighted by Gasteiger charge is 2.41. The molecule has 0 unspecified atom stereocenters. The number of hydrogen-bond donors (Lipinski definition) is 2. The number of hydrogen-bond acceptors (Lipinski definition) is 7. The van der Waals surface area contributed by atoms with Crippen molar-refractivity contribution >= 4 is 26.2 Å². The Balaban J connectivity index is 3.14. The van der Waals surface area contributed by atoms with Crippen LogP contribution >= 0.6 is 0 Å². The lowest BCUT2D eigenvalue weighted by molar-refractivity contribution is -0.175. The van der Waals surface area contributed by atoms with Gasteiger partial charge in [0.25, 0.3) is 0 Å². The van der Waals surface area contributed by atoms with Crippen molar-refractivity contribution in [3.05, 3.63) is 35.9 Å². The largest absolute Gasteiger partial charge is 0.478 e. The number of esters is 2. The van der Waals surface area contributed by atoms with Gasteiger partial charge in [0, 0.05) is 12.0 Å². The Kier molecular flexibility index (Phi) is 16.0. The molecule has 42 heavy (non-hydrogen) atoms. The van der Waals surface area contributed by atoms with Gasteiger partial charge in [-0.3, -0.25) is 9.59 Å². The molecular weight excluding hydrogens is 550 g/mol. The third-order valence-corrected chi connectivity index (χ3v) is 12.8. The van der Waals surface area contributed by atoms with Crippen LogP contribution in [0.25, 0.3) is 0 Å². The van der Waals surface area contributed by atoms with Gasteiger partial charge in [0.15, 0.2) is 8.32 Å². The van der Waals surface area contributed by atoms with E-state index in [9.17, 15) is 19.5 Å². The van der Waals surface area contributed by atoms with Gasteiger partial charge in [-0.05, 0) is 49.9 Å². The fourth-order valence-electron chi connectivity index (χ4n) is 4.45. The van der Waals surface area contributed by atoms with E-state index in [2.05, 4.69) is 40.8 Å². The summed E-state index contributed by atoms with van der Waals surface area (Å²) in [6.45, 7) is 17.8. The van der Waals surface area contributed by atoms with Gasteiger partial charge in [-0.2, -0.15) is 0 Å². The predicted octanol–water partition coefficient (Wildman–Crippen LogP) is 6.90. The van der Waals surface area contributed by atoms with Crippen molar-refractivity contribution in [3.8, 4) is 0 Å². The molecule has 0 heterocycles. The molecule has 0 aliphatic heterocycles. The predicted molar refractivity (Wildman–Crippen MR) is 170 cm³/mol. The van der Waals surface area contributed by atoms with E-state index >= 15 is 0 Å². The quantitative estimate of drug-likeness (QED) is 0.0989. The van der Waals surface area contributed by atoms with Crippen molar-refractivity contribution in [2.24, 2.45) is 17.6 Å². The molecule has 5 atom stereocenters. The number of carbonyl (C=O) groups excluding carboxylic acids is 2. The second kappa shape index (κ2) is 17.8. The zero-order valence-electron chi connectivity index (χ0n) is 27.5. The van der Waals surface area contributed by atoms with E-state index in [0.717, 1.165) is 37.7 Å². The second-order valence-corrected chi connectivity index (χ2v) is 18.2. The lowest BCUT2D eigenvalue weighted by Gasteiger charge is -2.40. The summed E-state index contributed by atoms with van der Waals surface area (Å²) in [4.78, 5) is 38.1. The fourth-order valence-corrected chi connectivity index (χ4v) is 5.82. The summed E-state index contributed by atoms with van der Waals surface area (Å²) in [6.07, 6.45) is 3.41. The number of rotatable bonds is 19. The van der Waals surface area contributed by atoms with Gasteiger partial charge in [-0.25, -0.2) is 4.79 Å². The van der Waals surface area contributed by atoms with E-state index in [4.69, 9.17) is 19.6 Å². The van der Waals surface area contributed by atoms with E-state index in [0.29, 0.717) is 12.8 Å². The minimum Gasteiger partial charge on any atom is -0.478 e. The standard InChI is InChI=1S/C33H57NO7Si/c1-10-11-12-13-17-20-27(24(4)32(38)40-30(23(2)3)31(36)37)39-29(35)22-28(41-42(8,9)33(5,6)7)26(34)21-25-18-15-14-16-19-25/h14-16,18-19,23-24,26-28,30H,10-13,17,20-22,34H2,1-9H3,(H,36,37)/t24-,26-,27+,28+,30-/m0/s1. The topological polar surface area (TPSA) is 125 Å². The summed E-state index contributed by atoms with van der Waals surface area (Å²) >= 11 is 0. The molecule has 0 spiro atoms. The Bertz CT molecular complexity index is 961. The fraction of sp³-hybridized carbons (Fsp3) is 0.727. The summed E-state index contributed by atoms with van der Waals surface area (Å²) < 4.78 is 18.0. The highest BCUT2D eigenvalue weighted by Crippen LogP contribution is 2.38. The first-order valence-electron chi connectivity index (χ1n) is 15.6. The van der Waals surface area contributed by atoms with E-state index in [1.807, 2.05) is 30.3 Å². The molecule has 1 aromatic rings. The number of nitrogens with two attached hydrogens (primary N) is 1. The molecule has 0 radical (unpaired) electrons. The van der Waals surface area contributed by atoms with Gasteiger partial charge < -0.3 is 24.7 Å². The van der Waals surface area contributed by atoms with Crippen LogP contribution < -0.4 is 5.73 Å². The number of carboxylic acid groups (broad SMARTS) is 1. The molecular formula is C33H57NO7Si. The van der Waals surface area contributed by atoms with Crippen LogP contribution in [0.15, 0.2) is 30.3 Å². The molecule has 9 heteroatoms. The molecule has 8 nitrogen and oxygen atoms in total. The van der Waals surface area contributed by atoms with Crippen LogP contribution in [0.3, 0.4) is 0 Å². The first-order chi connectivity index (χ1) is 19.5. The molecule has 0 bridgehead atoms. The monoisotopic (exact) mass is 607 g/mol. The molecule has 1 rings (SSSR count). The second-order valence-electron chi connectivity index (χ2n) is 13.4. The normalized spacial score (nSPS) is 15.9. The Hall–Kier alpha value is -2.23. The molecule has 240 valence electrons. The van der Waals surface area contributed by atoms with Crippen LogP contribution in [0.5, 0.6) is 0 Å². The molecule has 0 saturated heterocycles. The van der Waals surface area contributed by atoms with Crippen molar-refractivity contribution in [2.45, 2.75) is 142 Å². The Labute approximate surface area is 255 Å². The summed E-state index contributed by atoms with van der Waals surface area (Å²) in [6, 6.07) is 9.44. The minimum absolute atomic E-state index is 0.0433. The first-order valence-corrected chi connectivity index (χ1v) is 18.5. The van der Waals surface area contributed by atoms with Gasteiger partial charge in [-0.1, -0.05) is 97.6 Å². The lowest BCUT2D eigenvalue weighted by atomic mass is 9.97. The minimum atomic E-state index is -2.29. The van der Waals surface area contributed by atoms with Crippen molar-refractivity contribution in [1.29, 1.82) is 0 Å². The SMILES string of the molecule is CCCCCCC[C@@H](OC(=O)C[C@@H](O[Si](C)(C)C(C)(C)C)[C@@H](N)Cc1ccccc1)[C@H](C)C(=O)O[C@H](C(=O)O)C(C)C. The third kappa shape index (κ3) is 13.0. The van der Waals surface area contributed by atoms with Crippen LogP contribution in [-0.2, 0) is 34.7 Å². The van der Waals surface area contributed by atoms with E-state index in [1.165, 1.54) is 0 Å². The number of ether oxygens (including phenoxy) is 2. The van der Waals surface area contributed by atoms with Crippen molar-refractivity contribution in [1.82, 2.24) is 0 Å². The Morgan fingerprint density at radius 2 is 1.52 bits per heavy atom. The highest BCUT2D eigenvalue weighted by atomic mass is 28.4. The van der Waals surface area contributed by atoms with Gasteiger partial charge in [0.2, 0.25) is 6.10 Å². The molecule has 0 aromatic heterocycles. The number of aliphatic carboxylic acids is 1. The summed E-state index contributed by atoms with van der Waals surface area (Å²) in [5.74, 6) is -3.58. The van der Waals surface area contributed by atoms with Crippen LogP contribution in [0, 0.1) is 11.8 Å². The third-order valence-electron chi connectivity index (χ3n) is 8.31. The number of carboxylic acids is 1. The average molecular weight is 608 g/mol. The smallest absolute Gasteiger partial charge is 0.345 e. The van der Waals surface area contributed by atoms with Gasteiger partial charge in [-0.15, -0.1) is 0 Å².